The number of furan rings is 1. The second-order valence-corrected chi connectivity index (χ2v) is 19.5. The van der Waals surface area contributed by atoms with Crippen LogP contribution in [0.5, 0.6) is 0 Å². The van der Waals surface area contributed by atoms with E-state index in [2.05, 4.69) is 222 Å². The van der Waals surface area contributed by atoms with E-state index in [0.717, 1.165) is 134 Å². The maximum Gasteiger partial charge on any atom is 3.00 e. The fourth-order valence-electron chi connectivity index (χ4n) is 10.8. The van der Waals surface area contributed by atoms with E-state index >= 15 is 0 Å². The SMILES string of the molecule is [Ir+3].[c-]1cc(-c2ccccc2-c2cc(-c3ccccc3-c3c[c-]c(-c4ccccn4)cc3)cc(-c3ccccc3-c3c[c-]c(-c4cnc5oc6ccccc6c5n4)cc3-c3ccc(-c4ccccc4)cc3)c2)ccc1-c1ccccn1. The molecule has 0 saturated heterocycles. The number of benzene rings is 10. The molecule has 14 rings (SSSR count). The molecule has 5 nitrogen and oxygen atoms in total. The Labute approximate surface area is 478 Å². The summed E-state index contributed by atoms with van der Waals surface area (Å²) in [5.74, 6) is 0. The van der Waals surface area contributed by atoms with Gasteiger partial charge in [-0.05, 0) is 104 Å². The fourth-order valence-corrected chi connectivity index (χ4v) is 10.8. The molecule has 4 aromatic heterocycles. The van der Waals surface area contributed by atoms with Crippen molar-refractivity contribution < 1.29 is 24.5 Å². The molecule has 0 radical (unpaired) electrons. The molecular weight excluding hydrogens is 1150 g/mol. The molecule has 0 amide bonds. The van der Waals surface area contributed by atoms with Crippen molar-refractivity contribution in [3.63, 3.8) is 0 Å². The third-order valence-corrected chi connectivity index (χ3v) is 14.7. The predicted octanol–water partition coefficient (Wildman–Crippen LogP) is 18.9. The third-order valence-electron chi connectivity index (χ3n) is 14.7. The van der Waals surface area contributed by atoms with Crippen LogP contribution in [0, 0.1) is 18.2 Å². The third kappa shape index (κ3) is 9.64. The summed E-state index contributed by atoms with van der Waals surface area (Å²) in [6.45, 7) is 0. The average molecular weight is 1200 g/mol. The van der Waals surface area contributed by atoms with Crippen molar-refractivity contribution in [1.82, 2.24) is 19.9 Å². The van der Waals surface area contributed by atoms with Crippen LogP contribution in [0.2, 0.25) is 0 Å². The van der Waals surface area contributed by atoms with Crippen LogP contribution >= 0.6 is 0 Å². The first kappa shape index (κ1) is 49.6. The number of nitrogens with zero attached hydrogens (tertiary/aromatic N) is 4. The molecule has 0 N–H and O–H groups in total. The van der Waals surface area contributed by atoms with E-state index in [1.54, 1.807) is 6.20 Å². The van der Waals surface area contributed by atoms with Crippen LogP contribution in [0.25, 0.3) is 145 Å². The zero-order chi connectivity index (χ0) is 52.5. The molecule has 0 aliphatic carbocycles. The van der Waals surface area contributed by atoms with Crippen molar-refractivity contribution in [2.45, 2.75) is 0 Å². The van der Waals surface area contributed by atoms with Gasteiger partial charge in [-0.25, -0.2) is 4.98 Å². The molecule has 376 valence electrons. The van der Waals surface area contributed by atoms with Gasteiger partial charge in [-0.3, -0.25) is 4.98 Å². The van der Waals surface area contributed by atoms with Gasteiger partial charge < -0.3 is 14.4 Å². The number of rotatable bonds is 11. The van der Waals surface area contributed by atoms with Crippen molar-refractivity contribution in [3.05, 3.63) is 292 Å². The Morgan fingerprint density at radius 1 is 0.300 bits per heavy atom. The summed E-state index contributed by atoms with van der Waals surface area (Å²) in [5, 5.41) is 0.926. The van der Waals surface area contributed by atoms with Crippen LogP contribution in [-0.2, 0) is 20.1 Å². The van der Waals surface area contributed by atoms with E-state index in [1.165, 1.54) is 0 Å². The molecule has 0 bridgehead atoms. The number of fused-ring (bicyclic) bond motifs is 3. The minimum atomic E-state index is 0. The van der Waals surface area contributed by atoms with Gasteiger partial charge in [0.1, 0.15) is 11.1 Å². The molecule has 0 saturated carbocycles. The molecule has 80 heavy (non-hydrogen) atoms. The first-order chi connectivity index (χ1) is 39.1. The zero-order valence-corrected chi connectivity index (χ0v) is 45.4. The van der Waals surface area contributed by atoms with Crippen LogP contribution < -0.4 is 0 Å². The Morgan fingerprint density at radius 2 is 0.762 bits per heavy atom. The van der Waals surface area contributed by atoms with Crippen molar-refractivity contribution in [2.24, 2.45) is 0 Å². The normalized spacial score (nSPS) is 11.2. The van der Waals surface area contributed by atoms with E-state index < -0.39 is 0 Å². The van der Waals surface area contributed by atoms with E-state index in [1.807, 2.05) is 73.1 Å². The zero-order valence-electron chi connectivity index (χ0n) is 43.0. The standard InChI is InChI=1S/C74H45N4O.Ir/c1-2-16-49(17-3-1)50-28-30-53(31-29-50)68-47-56(71-48-77-74-73(78-71)67-24-10-11-27-72(67)79-74)40-41-66(68)65-23-9-8-22-64(65)59-45-57(62-20-6-4-18-60(62)51-32-36-54(37-33-51)69-25-12-14-42-75-69)44-58(46-59)63-21-7-5-19-61(63)52-34-38-55(39-35-52)70-26-13-15-43-76-70;/h1-36,38,41-48H;/q-3;+3. The van der Waals surface area contributed by atoms with Gasteiger partial charge in [0.25, 0.3) is 0 Å². The molecule has 14 aromatic rings. The Morgan fingerprint density at radius 3 is 1.31 bits per heavy atom. The summed E-state index contributed by atoms with van der Waals surface area (Å²) in [4.78, 5) is 19.1. The van der Waals surface area contributed by atoms with Crippen LogP contribution in [0.1, 0.15) is 0 Å². The number of para-hydroxylation sites is 1. The summed E-state index contributed by atoms with van der Waals surface area (Å²) in [6.07, 6.45) is 5.43. The van der Waals surface area contributed by atoms with Crippen LogP contribution in [0.15, 0.2) is 278 Å². The predicted molar refractivity (Wildman–Crippen MR) is 321 cm³/mol. The molecular formula is C74H45IrN4O. The molecule has 0 spiro atoms. The van der Waals surface area contributed by atoms with Gasteiger partial charge in [0.05, 0.1) is 0 Å². The van der Waals surface area contributed by atoms with E-state index in [4.69, 9.17) is 14.4 Å². The van der Waals surface area contributed by atoms with E-state index in [0.29, 0.717) is 11.4 Å². The van der Waals surface area contributed by atoms with Gasteiger partial charge in [-0.1, -0.05) is 203 Å². The number of aromatic nitrogens is 4. The average Bonchev–Trinajstić information content (AvgIpc) is 3.97. The van der Waals surface area contributed by atoms with Gasteiger partial charge in [0.2, 0.25) is 5.71 Å². The van der Waals surface area contributed by atoms with Crippen LogP contribution in [0.3, 0.4) is 0 Å². The van der Waals surface area contributed by atoms with Crippen molar-refractivity contribution in [3.8, 4) is 123 Å². The number of hydrogen-bond donors (Lipinski definition) is 0. The minimum absolute atomic E-state index is 0. The number of hydrogen-bond acceptors (Lipinski definition) is 5. The molecule has 10 aromatic carbocycles. The Bertz CT molecular complexity index is 4360. The Hall–Kier alpha value is -9.97. The number of pyridine rings is 2. The van der Waals surface area contributed by atoms with Crippen molar-refractivity contribution in [2.75, 3.05) is 0 Å². The van der Waals surface area contributed by atoms with Crippen molar-refractivity contribution in [1.29, 1.82) is 0 Å². The largest absolute Gasteiger partial charge is 3.00 e. The Kier molecular flexibility index (Phi) is 13.5. The molecule has 0 unspecified atom stereocenters. The quantitative estimate of drug-likeness (QED) is 0.121. The second-order valence-electron chi connectivity index (χ2n) is 19.5. The smallest absolute Gasteiger partial charge is 0.436 e. The monoisotopic (exact) mass is 1200 g/mol. The van der Waals surface area contributed by atoms with Crippen LogP contribution in [0.4, 0.5) is 0 Å². The van der Waals surface area contributed by atoms with Crippen LogP contribution in [-0.4, -0.2) is 19.9 Å². The second kappa shape index (κ2) is 21.8. The van der Waals surface area contributed by atoms with Gasteiger partial charge in [0, 0.05) is 29.7 Å². The maximum atomic E-state index is 6.10. The molecule has 0 fully saturated rings. The first-order valence-corrected chi connectivity index (χ1v) is 26.3. The molecule has 6 heteroatoms. The molecule has 0 atom stereocenters. The van der Waals surface area contributed by atoms with E-state index in [9.17, 15) is 0 Å². The summed E-state index contributed by atoms with van der Waals surface area (Å²) in [7, 11) is 0. The maximum absolute atomic E-state index is 6.10. The molecule has 0 aliphatic heterocycles. The van der Waals surface area contributed by atoms with Gasteiger partial charge in [0.15, 0.2) is 0 Å². The molecule has 0 aliphatic rings. The first-order valence-electron chi connectivity index (χ1n) is 26.3. The molecule has 4 heterocycles. The summed E-state index contributed by atoms with van der Waals surface area (Å²) < 4.78 is 6.10. The van der Waals surface area contributed by atoms with E-state index in [-0.39, 0.29) is 20.1 Å². The van der Waals surface area contributed by atoms with Gasteiger partial charge in [-0.2, -0.15) is 0 Å². The Balaban J connectivity index is 0.00000605. The van der Waals surface area contributed by atoms with Crippen molar-refractivity contribution >= 4 is 22.2 Å². The summed E-state index contributed by atoms with van der Waals surface area (Å²) >= 11 is 0. The fraction of sp³-hybridized carbons (Fsp3) is 0. The van der Waals surface area contributed by atoms with Gasteiger partial charge >= 0.3 is 20.1 Å². The minimum Gasteiger partial charge on any atom is -0.436 e. The summed E-state index contributed by atoms with van der Waals surface area (Å²) in [5.41, 5.74) is 24.6. The topological polar surface area (TPSA) is 64.7 Å². The summed E-state index contributed by atoms with van der Waals surface area (Å²) in [6, 6.07) is 100. The van der Waals surface area contributed by atoms with Gasteiger partial charge in [-0.15, -0.1) is 83.4 Å².